The van der Waals surface area contributed by atoms with Crippen molar-refractivity contribution < 1.29 is 13.4 Å². The zero-order valence-electron chi connectivity index (χ0n) is 19.0. The van der Waals surface area contributed by atoms with E-state index in [1.807, 2.05) is 42.5 Å². The van der Waals surface area contributed by atoms with Gasteiger partial charge in [-0.25, -0.2) is 13.4 Å². The molecule has 0 saturated carbocycles. The first-order chi connectivity index (χ1) is 15.0. The first-order valence-electron chi connectivity index (χ1n) is 11.0. The minimum Gasteiger partial charge on any atom is -0.372 e. The molecule has 2 nitrogen and oxygen atoms in total. The van der Waals surface area contributed by atoms with Crippen molar-refractivity contribution >= 4 is 11.4 Å². The number of nitrogens with zero attached hydrogens (tertiary/aromatic N) is 2. The second-order valence-electron chi connectivity index (χ2n) is 7.04. The molecule has 0 atom stereocenters. The summed E-state index contributed by atoms with van der Waals surface area (Å²) in [7, 11) is 0. The van der Waals surface area contributed by atoms with Crippen molar-refractivity contribution in [3.8, 4) is 0 Å². The summed E-state index contributed by atoms with van der Waals surface area (Å²) >= 11 is 0. The van der Waals surface area contributed by atoms with Gasteiger partial charge in [-0.05, 0) is 87.9 Å². The molecule has 2 rings (SSSR count). The van der Waals surface area contributed by atoms with Gasteiger partial charge in [0.25, 0.3) is 0 Å². The molecule has 0 N–H and O–H groups in total. The van der Waals surface area contributed by atoms with Gasteiger partial charge in [0.2, 0.25) is 5.71 Å². The van der Waals surface area contributed by atoms with Crippen LogP contribution in [0.5, 0.6) is 0 Å². The van der Waals surface area contributed by atoms with Gasteiger partial charge in [0.15, 0.2) is 0 Å². The van der Waals surface area contributed by atoms with Crippen LogP contribution in [0.1, 0.15) is 38.8 Å². The fourth-order valence-corrected chi connectivity index (χ4v) is 3.50. The van der Waals surface area contributed by atoms with Gasteiger partial charge in [0, 0.05) is 30.4 Å². The maximum atomic E-state index is 13.3. The second-order valence-corrected chi connectivity index (χ2v) is 7.04. The third-order valence-corrected chi connectivity index (χ3v) is 5.22. The molecular weight excluding hydrogens is 390 g/mol. The topological polar surface area (TPSA) is 6.25 Å². The number of hydrogen-bond donors (Lipinski definition) is 0. The van der Waals surface area contributed by atoms with E-state index in [2.05, 4.69) is 49.3 Å². The molecule has 2 aromatic carbocycles. The van der Waals surface area contributed by atoms with E-state index in [9.17, 15) is 8.78 Å². The zero-order valence-corrected chi connectivity index (χ0v) is 19.0. The summed E-state index contributed by atoms with van der Waals surface area (Å²) in [5, 5.41) is 0. The van der Waals surface area contributed by atoms with Crippen molar-refractivity contribution in [2.75, 3.05) is 26.2 Å². The summed E-state index contributed by atoms with van der Waals surface area (Å²) in [4.78, 5) is 2.24. The Morgan fingerprint density at radius 1 is 0.742 bits per heavy atom. The Morgan fingerprint density at radius 3 is 1.74 bits per heavy atom. The SMILES string of the molecule is CCN(CC)\C(=C/C=C/C=C/C(c1ccc(F)cc1)=[N+](CC)CC)c1ccc(F)cc1. The maximum Gasteiger partial charge on any atom is 0.207 e. The summed E-state index contributed by atoms with van der Waals surface area (Å²) in [5.74, 6) is -0.470. The first kappa shape index (κ1) is 24.3. The van der Waals surface area contributed by atoms with Gasteiger partial charge in [-0.3, -0.25) is 0 Å². The Labute approximate surface area is 185 Å². The number of benzene rings is 2. The largest absolute Gasteiger partial charge is 0.372 e. The molecule has 0 unspecified atom stereocenters. The predicted molar refractivity (Wildman–Crippen MR) is 127 cm³/mol. The smallest absolute Gasteiger partial charge is 0.207 e. The third-order valence-electron chi connectivity index (χ3n) is 5.22. The maximum absolute atomic E-state index is 13.3. The minimum atomic E-state index is -0.235. The summed E-state index contributed by atoms with van der Waals surface area (Å²) < 4.78 is 28.9. The molecule has 0 aliphatic rings. The Balaban J connectivity index is 2.31. The molecule has 0 bridgehead atoms. The molecule has 2 aromatic rings. The second kappa shape index (κ2) is 12.6. The molecule has 0 radical (unpaired) electrons. The Morgan fingerprint density at radius 2 is 1.26 bits per heavy atom. The van der Waals surface area contributed by atoms with Crippen LogP contribution in [0, 0.1) is 11.6 Å². The molecular formula is C27H33F2N2+. The molecule has 0 amide bonds. The lowest BCUT2D eigenvalue weighted by Crippen LogP contribution is -2.21. The minimum absolute atomic E-state index is 0.235. The lowest BCUT2D eigenvalue weighted by atomic mass is 10.1. The van der Waals surface area contributed by atoms with E-state index in [1.165, 1.54) is 24.3 Å². The molecule has 0 spiro atoms. The Bertz CT molecular complexity index is 926. The van der Waals surface area contributed by atoms with Gasteiger partial charge >= 0.3 is 0 Å². The van der Waals surface area contributed by atoms with Gasteiger partial charge in [-0.15, -0.1) is 0 Å². The van der Waals surface area contributed by atoms with Crippen LogP contribution >= 0.6 is 0 Å². The van der Waals surface area contributed by atoms with Crippen molar-refractivity contribution in [1.82, 2.24) is 4.90 Å². The predicted octanol–water partition coefficient (Wildman–Crippen LogP) is 6.30. The summed E-state index contributed by atoms with van der Waals surface area (Å²) in [6, 6.07) is 13.2. The van der Waals surface area contributed by atoms with Crippen LogP contribution in [0.25, 0.3) is 5.70 Å². The van der Waals surface area contributed by atoms with Crippen LogP contribution in [0.3, 0.4) is 0 Å². The quantitative estimate of drug-likeness (QED) is 0.247. The van der Waals surface area contributed by atoms with E-state index >= 15 is 0 Å². The standard InChI is InChI=1S/C27H33F2N2/c1-5-30(6-2)26(22-14-18-24(28)19-15-22)12-10-9-11-13-27(31(7-3)8-4)23-16-20-25(29)21-17-23/h9-21H,5-8H2,1-4H3/q+1. The van der Waals surface area contributed by atoms with Crippen LogP contribution in [0.4, 0.5) is 8.78 Å². The van der Waals surface area contributed by atoms with E-state index < -0.39 is 0 Å². The number of hydrogen-bond acceptors (Lipinski definition) is 1. The fourth-order valence-electron chi connectivity index (χ4n) is 3.50. The molecule has 0 aliphatic carbocycles. The van der Waals surface area contributed by atoms with Crippen LogP contribution in [-0.4, -0.2) is 41.4 Å². The van der Waals surface area contributed by atoms with Crippen molar-refractivity contribution in [3.63, 3.8) is 0 Å². The monoisotopic (exact) mass is 423 g/mol. The molecule has 0 fully saturated rings. The van der Waals surface area contributed by atoms with Gasteiger partial charge in [0.05, 0.1) is 0 Å². The zero-order chi connectivity index (χ0) is 22.6. The average molecular weight is 424 g/mol. The highest BCUT2D eigenvalue weighted by atomic mass is 19.1. The van der Waals surface area contributed by atoms with Crippen LogP contribution in [0.15, 0.2) is 78.9 Å². The van der Waals surface area contributed by atoms with Crippen LogP contribution in [-0.2, 0) is 0 Å². The highest BCUT2D eigenvalue weighted by molar-refractivity contribution is 6.05. The molecule has 31 heavy (non-hydrogen) atoms. The van der Waals surface area contributed by atoms with Crippen molar-refractivity contribution in [2.45, 2.75) is 27.7 Å². The van der Waals surface area contributed by atoms with Gasteiger partial charge < -0.3 is 4.90 Å². The Kier molecular flexibility index (Phi) is 9.89. The molecule has 4 heteroatoms. The highest BCUT2D eigenvalue weighted by Gasteiger charge is 2.11. The van der Waals surface area contributed by atoms with Gasteiger partial charge in [0.1, 0.15) is 24.7 Å². The number of rotatable bonds is 10. The van der Waals surface area contributed by atoms with E-state index in [-0.39, 0.29) is 11.6 Å². The normalized spacial score (nSPS) is 12.0. The van der Waals surface area contributed by atoms with Gasteiger partial charge in [-0.2, -0.15) is 0 Å². The molecule has 164 valence electrons. The first-order valence-corrected chi connectivity index (χ1v) is 11.0. The lowest BCUT2D eigenvalue weighted by molar-refractivity contribution is -0.519. The molecule has 0 aliphatic heterocycles. The van der Waals surface area contributed by atoms with Crippen molar-refractivity contribution in [1.29, 1.82) is 0 Å². The average Bonchev–Trinajstić information content (AvgIpc) is 2.79. The van der Waals surface area contributed by atoms with Crippen molar-refractivity contribution in [3.05, 3.63) is 102 Å². The van der Waals surface area contributed by atoms with Crippen molar-refractivity contribution in [2.24, 2.45) is 0 Å². The third kappa shape index (κ3) is 7.02. The lowest BCUT2D eigenvalue weighted by Gasteiger charge is -2.24. The molecule has 0 heterocycles. The fraction of sp³-hybridized carbons (Fsp3) is 0.296. The molecule has 0 aromatic heterocycles. The van der Waals surface area contributed by atoms with E-state index in [0.717, 1.165) is 48.7 Å². The Hall–Kier alpha value is -3.01. The van der Waals surface area contributed by atoms with E-state index in [4.69, 9.17) is 0 Å². The summed E-state index contributed by atoms with van der Waals surface area (Å²) in [5.41, 5.74) is 4.09. The van der Waals surface area contributed by atoms with E-state index in [1.54, 1.807) is 0 Å². The van der Waals surface area contributed by atoms with Crippen LogP contribution in [0.2, 0.25) is 0 Å². The van der Waals surface area contributed by atoms with Gasteiger partial charge in [-0.1, -0.05) is 18.2 Å². The van der Waals surface area contributed by atoms with Crippen LogP contribution < -0.4 is 0 Å². The summed E-state index contributed by atoms with van der Waals surface area (Å²) in [6.07, 6.45) is 10.1. The molecule has 0 saturated heterocycles. The number of allylic oxidation sites excluding steroid dienone is 5. The van der Waals surface area contributed by atoms with E-state index in [0.29, 0.717) is 0 Å². The number of halogens is 2. The summed E-state index contributed by atoms with van der Waals surface area (Å²) in [6.45, 7) is 11.9. The highest BCUT2D eigenvalue weighted by Crippen LogP contribution is 2.19.